The van der Waals surface area contributed by atoms with E-state index in [-0.39, 0.29) is 6.54 Å². The maximum absolute atomic E-state index is 10.9. The largest absolute Gasteiger partial charge is 0.478 e. The minimum absolute atomic E-state index is 0.246. The zero-order valence-electron chi connectivity index (χ0n) is 7.27. The Morgan fingerprint density at radius 3 is 2.86 bits per heavy atom. The standard InChI is InChI=1S/C9H9NO4/c11-8(3-4-9(12)13)10-6-7-2-1-5-14-7/h1-5H,6H2,(H,10,11)(H,12,13)/b4-3+. The molecule has 1 rings (SSSR count). The number of rotatable bonds is 4. The van der Waals surface area contributed by atoms with Gasteiger partial charge in [0.2, 0.25) is 5.91 Å². The summed E-state index contributed by atoms with van der Waals surface area (Å²) in [6.45, 7) is 0.246. The van der Waals surface area contributed by atoms with Crippen LogP contribution in [0.3, 0.4) is 0 Å². The first-order valence-corrected chi connectivity index (χ1v) is 3.89. The fourth-order valence-corrected chi connectivity index (χ4v) is 0.793. The van der Waals surface area contributed by atoms with Gasteiger partial charge in [0.25, 0.3) is 0 Å². The lowest BCUT2D eigenvalue weighted by atomic mass is 10.4. The molecule has 0 radical (unpaired) electrons. The summed E-state index contributed by atoms with van der Waals surface area (Å²) in [5.41, 5.74) is 0. The molecular formula is C9H9NO4. The van der Waals surface area contributed by atoms with E-state index in [1.54, 1.807) is 12.1 Å². The van der Waals surface area contributed by atoms with Crippen molar-refractivity contribution in [3.8, 4) is 0 Å². The monoisotopic (exact) mass is 195 g/mol. The Hall–Kier alpha value is -2.04. The van der Waals surface area contributed by atoms with Gasteiger partial charge in [-0.3, -0.25) is 4.79 Å². The van der Waals surface area contributed by atoms with E-state index in [4.69, 9.17) is 9.52 Å². The third-order valence-electron chi connectivity index (χ3n) is 1.39. The molecule has 2 N–H and O–H groups in total. The van der Waals surface area contributed by atoms with Gasteiger partial charge in [0.15, 0.2) is 0 Å². The number of furan rings is 1. The van der Waals surface area contributed by atoms with Crippen molar-refractivity contribution in [2.24, 2.45) is 0 Å². The smallest absolute Gasteiger partial charge is 0.328 e. The fourth-order valence-electron chi connectivity index (χ4n) is 0.793. The number of hydrogen-bond acceptors (Lipinski definition) is 3. The molecule has 0 bridgehead atoms. The van der Waals surface area contributed by atoms with Crippen LogP contribution in [0.1, 0.15) is 5.76 Å². The number of carbonyl (C=O) groups excluding carboxylic acids is 1. The summed E-state index contributed by atoms with van der Waals surface area (Å²) in [4.78, 5) is 21.0. The van der Waals surface area contributed by atoms with Gasteiger partial charge in [-0.05, 0) is 12.1 Å². The van der Waals surface area contributed by atoms with E-state index in [1.165, 1.54) is 6.26 Å². The topological polar surface area (TPSA) is 79.5 Å². The molecule has 1 heterocycles. The van der Waals surface area contributed by atoms with Gasteiger partial charge < -0.3 is 14.8 Å². The van der Waals surface area contributed by atoms with Crippen LogP contribution in [0.5, 0.6) is 0 Å². The van der Waals surface area contributed by atoms with E-state index in [9.17, 15) is 9.59 Å². The summed E-state index contributed by atoms with van der Waals surface area (Å²) >= 11 is 0. The van der Waals surface area contributed by atoms with Crippen LogP contribution < -0.4 is 5.32 Å². The highest BCUT2D eigenvalue weighted by atomic mass is 16.4. The van der Waals surface area contributed by atoms with Crippen molar-refractivity contribution >= 4 is 11.9 Å². The first-order valence-electron chi connectivity index (χ1n) is 3.89. The van der Waals surface area contributed by atoms with E-state index in [1.807, 2.05) is 0 Å². The van der Waals surface area contributed by atoms with Crippen LogP contribution in [0.25, 0.3) is 0 Å². The summed E-state index contributed by atoms with van der Waals surface area (Å²) in [6, 6.07) is 3.41. The van der Waals surface area contributed by atoms with Crippen molar-refractivity contribution in [1.82, 2.24) is 5.32 Å². The number of carboxylic acid groups (broad SMARTS) is 1. The van der Waals surface area contributed by atoms with Crippen molar-refractivity contribution in [2.75, 3.05) is 0 Å². The lowest BCUT2D eigenvalue weighted by Crippen LogP contribution is -2.20. The van der Waals surface area contributed by atoms with Gasteiger partial charge >= 0.3 is 5.97 Å². The molecule has 5 heteroatoms. The lowest BCUT2D eigenvalue weighted by molar-refractivity contribution is -0.131. The Morgan fingerprint density at radius 2 is 2.29 bits per heavy atom. The maximum Gasteiger partial charge on any atom is 0.328 e. The second kappa shape index (κ2) is 4.86. The van der Waals surface area contributed by atoms with Crippen molar-refractivity contribution in [3.63, 3.8) is 0 Å². The molecule has 14 heavy (non-hydrogen) atoms. The number of carbonyl (C=O) groups is 2. The minimum Gasteiger partial charge on any atom is -0.478 e. The Kier molecular flexibility index (Phi) is 3.49. The third kappa shape index (κ3) is 3.57. The highest BCUT2D eigenvalue weighted by Gasteiger charge is 1.98. The molecule has 0 aliphatic rings. The first kappa shape index (κ1) is 10.0. The van der Waals surface area contributed by atoms with Gasteiger partial charge in [-0.15, -0.1) is 0 Å². The van der Waals surface area contributed by atoms with Gasteiger partial charge in [0.05, 0.1) is 12.8 Å². The Bertz CT molecular complexity index is 340. The maximum atomic E-state index is 10.9. The molecule has 0 aliphatic carbocycles. The van der Waals surface area contributed by atoms with E-state index in [0.29, 0.717) is 5.76 Å². The Labute approximate surface area is 80.0 Å². The molecule has 0 saturated heterocycles. The Morgan fingerprint density at radius 1 is 1.50 bits per heavy atom. The van der Waals surface area contributed by atoms with Crippen LogP contribution in [0.15, 0.2) is 35.0 Å². The first-order chi connectivity index (χ1) is 6.68. The third-order valence-corrected chi connectivity index (χ3v) is 1.39. The quantitative estimate of drug-likeness (QED) is 0.687. The zero-order chi connectivity index (χ0) is 10.4. The molecule has 0 saturated carbocycles. The fraction of sp³-hybridized carbons (Fsp3) is 0.111. The number of aliphatic carboxylic acids is 1. The van der Waals surface area contributed by atoms with Crippen molar-refractivity contribution < 1.29 is 19.1 Å². The molecule has 74 valence electrons. The van der Waals surface area contributed by atoms with Crippen LogP contribution in [-0.4, -0.2) is 17.0 Å². The minimum atomic E-state index is -1.15. The van der Waals surface area contributed by atoms with Crippen molar-refractivity contribution in [1.29, 1.82) is 0 Å². The molecule has 1 aromatic heterocycles. The van der Waals surface area contributed by atoms with E-state index in [2.05, 4.69) is 5.32 Å². The molecule has 0 aromatic carbocycles. The number of carboxylic acids is 1. The van der Waals surface area contributed by atoms with Gasteiger partial charge in [0.1, 0.15) is 5.76 Å². The van der Waals surface area contributed by atoms with Crippen molar-refractivity contribution in [3.05, 3.63) is 36.3 Å². The van der Waals surface area contributed by atoms with Gasteiger partial charge in [-0.1, -0.05) is 0 Å². The second-order valence-corrected chi connectivity index (χ2v) is 2.47. The van der Waals surface area contributed by atoms with Gasteiger partial charge in [-0.2, -0.15) is 0 Å². The lowest BCUT2D eigenvalue weighted by Gasteiger charge is -1.97. The van der Waals surface area contributed by atoms with Crippen LogP contribution in [0, 0.1) is 0 Å². The van der Waals surface area contributed by atoms with E-state index >= 15 is 0 Å². The zero-order valence-corrected chi connectivity index (χ0v) is 7.27. The molecule has 1 amide bonds. The van der Waals surface area contributed by atoms with Gasteiger partial charge in [-0.25, -0.2) is 4.79 Å². The summed E-state index contributed by atoms with van der Waals surface area (Å²) in [5, 5.41) is 10.7. The summed E-state index contributed by atoms with van der Waals surface area (Å²) in [5.74, 6) is -1.01. The number of hydrogen-bond donors (Lipinski definition) is 2. The van der Waals surface area contributed by atoms with E-state index < -0.39 is 11.9 Å². The summed E-state index contributed by atoms with van der Waals surface area (Å²) in [7, 11) is 0. The molecule has 0 unspecified atom stereocenters. The normalized spacial score (nSPS) is 10.3. The Balaban J connectivity index is 2.32. The molecule has 5 nitrogen and oxygen atoms in total. The average molecular weight is 195 g/mol. The van der Waals surface area contributed by atoms with E-state index in [0.717, 1.165) is 12.2 Å². The summed E-state index contributed by atoms with van der Waals surface area (Å²) in [6.07, 6.45) is 3.22. The molecule has 1 aromatic rings. The van der Waals surface area contributed by atoms with Crippen molar-refractivity contribution in [2.45, 2.75) is 6.54 Å². The van der Waals surface area contributed by atoms with Crippen LogP contribution >= 0.6 is 0 Å². The molecule has 0 atom stereocenters. The molecule has 0 spiro atoms. The highest BCUT2D eigenvalue weighted by molar-refractivity contribution is 5.93. The van der Waals surface area contributed by atoms with Crippen LogP contribution in [-0.2, 0) is 16.1 Å². The second-order valence-electron chi connectivity index (χ2n) is 2.47. The average Bonchev–Trinajstić information content (AvgIpc) is 2.63. The van der Waals surface area contributed by atoms with Crippen LogP contribution in [0.4, 0.5) is 0 Å². The predicted molar refractivity (Wildman–Crippen MR) is 47.3 cm³/mol. The SMILES string of the molecule is O=C(O)/C=C/C(=O)NCc1ccco1. The summed E-state index contributed by atoms with van der Waals surface area (Å²) < 4.78 is 4.95. The number of nitrogens with one attached hydrogen (secondary N) is 1. The molecule has 0 aliphatic heterocycles. The highest BCUT2D eigenvalue weighted by Crippen LogP contribution is 1.98. The molecular weight excluding hydrogens is 186 g/mol. The predicted octanol–water partition coefficient (Wildman–Crippen LogP) is 0.537. The molecule has 0 fully saturated rings. The van der Waals surface area contributed by atoms with Crippen LogP contribution in [0.2, 0.25) is 0 Å². The van der Waals surface area contributed by atoms with Gasteiger partial charge in [0, 0.05) is 12.2 Å². The number of amides is 1.